The van der Waals surface area contributed by atoms with Gasteiger partial charge in [0, 0.05) is 0 Å². The van der Waals surface area contributed by atoms with Crippen LogP contribution in [0.5, 0.6) is 0 Å². The number of allylic oxidation sites excluding steroid dienone is 5. The van der Waals surface area contributed by atoms with Crippen LogP contribution in [0.15, 0.2) is 36.5 Å². The third-order valence-corrected chi connectivity index (χ3v) is 3.54. The van der Waals surface area contributed by atoms with Crippen molar-refractivity contribution in [1.82, 2.24) is 0 Å². The van der Waals surface area contributed by atoms with E-state index < -0.39 is 0 Å². The molecule has 0 heterocycles. The van der Waals surface area contributed by atoms with Crippen molar-refractivity contribution in [1.29, 1.82) is 0 Å². The van der Waals surface area contributed by atoms with Crippen molar-refractivity contribution in [3.63, 3.8) is 0 Å². The van der Waals surface area contributed by atoms with Gasteiger partial charge in [0.2, 0.25) is 0 Å². The van der Waals surface area contributed by atoms with E-state index in [1.807, 2.05) is 6.92 Å². The van der Waals surface area contributed by atoms with Crippen LogP contribution in [0, 0.1) is 11.8 Å². The van der Waals surface area contributed by atoms with Gasteiger partial charge in [-0.1, -0.05) is 43.7 Å². The highest BCUT2D eigenvalue weighted by atomic mass is 14.1. The molecule has 2 unspecified atom stereocenters. The third-order valence-electron chi connectivity index (χ3n) is 3.54. The first-order valence-corrected chi connectivity index (χ1v) is 7.53. The van der Waals surface area contributed by atoms with E-state index in [1.54, 1.807) is 11.6 Å². The van der Waals surface area contributed by atoms with Crippen LogP contribution in [0.4, 0.5) is 0 Å². The molecule has 0 saturated heterocycles. The Balaban J connectivity index is 0.000000267. The van der Waals surface area contributed by atoms with Gasteiger partial charge in [0.1, 0.15) is 0 Å². The first kappa shape index (κ1) is 17.2. The van der Waals surface area contributed by atoms with Gasteiger partial charge >= 0.3 is 0 Å². The second-order valence-corrected chi connectivity index (χ2v) is 5.51. The molecule has 0 heteroatoms. The monoisotopic (exact) mass is 248 g/mol. The summed E-state index contributed by atoms with van der Waals surface area (Å²) in [6.45, 7) is 12.1. The van der Waals surface area contributed by atoms with Crippen molar-refractivity contribution in [2.45, 2.75) is 66.2 Å². The molecule has 2 aliphatic rings. The van der Waals surface area contributed by atoms with Crippen molar-refractivity contribution < 1.29 is 0 Å². The largest absolute Gasteiger partial charge is 0.103 e. The van der Waals surface area contributed by atoms with Crippen molar-refractivity contribution in [2.24, 2.45) is 11.8 Å². The molecular formula is C18H32. The van der Waals surface area contributed by atoms with E-state index in [9.17, 15) is 0 Å². The second kappa shape index (κ2) is 11.3. The number of rotatable bonds is 1. The SMILES string of the molecule is C=CC.CC1=CCC(C)CC1.CCC1C=CCC1. The van der Waals surface area contributed by atoms with Gasteiger partial charge in [-0.25, -0.2) is 0 Å². The van der Waals surface area contributed by atoms with Crippen LogP contribution in [0.3, 0.4) is 0 Å². The highest BCUT2D eigenvalue weighted by Crippen LogP contribution is 2.21. The fraction of sp³-hybridized carbons (Fsp3) is 0.667. The molecule has 0 spiro atoms. The highest BCUT2D eigenvalue weighted by Gasteiger charge is 2.05. The van der Waals surface area contributed by atoms with Crippen molar-refractivity contribution in [3.8, 4) is 0 Å². The average Bonchev–Trinajstić information content (AvgIpc) is 2.88. The van der Waals surface area contributed by atoms with E-state index in [-0.39, 0.29) is 0 Å². The molecule has 0 saturated carbocycles. The fourth-order valence-corrected chi connectivity index (χ4v) is 2.13. The standard InChI is InChI=1S/C8H14.C7H12.C3H6/c1-7-3-5-8(2)6-4-7;1-2-7-5-3-4-6-7;1-3-2/h3,8H,4-6H2,1-2H3;3,5,7H,2,4,6H2,1H3;3H,1H2,2H3. The van der Waals surface area contributed by atoms with Gasteiger partial charge in [0.25, 0.3) is 0 Å². The van der Waals surface area contributed by atoms with Gasteiger partial charge in [-0.2, -0.15) is 0 Å². The lowest BCUT2D eigenvalue weighted by Crippen LogP contribution is -1.98. The summed E-state index contributed by atoms with van der Waals surface area (Å²) < 4.78 is 0. The smallest absolute Gasteiger partial charge is 0.0233 e. The van der Waals surface area contributed by atoms with Crippen LogP contribution >= 0.6 is 0 Å². The van der Waals surface area contributed by atoms with E-state index in [0.29, 0.717) is 0 Å². The summed E-state index contributed by atoms with van der Waals surface area (Å²) in [5.41, 5.74) is 1.59. The lowest BCUT2D eigenvalue weighted by Gasteiger charge is -2.14. The summed E-state index contributed by atoms with van der Waals surface area (Å²) in [4.78, 5) is 0. The molecule has 0 radical (unpaired) electrons. The molecule has 0 amide bonds. The molecule has 2 aliphatic carbocycles. The molecule has 2 atom stereocenters. The summed E-state index contributed by atoms with van der Waals surface area (Å²) in [6.07, 6.45) is 16.8. The lowest BCUT2D eigenvalue weighted by atomic mass is 9.92. The van der Waals surface area contributed by atoms with Crippen molar-refractivity contribution >= 4 is 0 Å². The van der Waals surface area contributed by atoms with E-state index in [4.69, 9.17) is 0 Å². The van der Waals surface area contributed by atoms with Gasteiger partial charge in [-0.3, -0.25) is 0 Å². The van der Waals surface area contributed by atoms with E-state index in [2.05, 4.69) is 45.6 Å². The lowest BCUT2D eigenvalue weighted by molar-refractivity contribution is 0.514. The maximum Gasteiger partial charge on any atom is -0.0233 e. The Morgan fingerprint density at radius 3 is 2.33 bits per heavy atom. The number of hydrogen-bond acceptors (Lipinski definition) is 0. The molecule has 0 aromatic heterocycles. The predicted molar refractivity (Wildman–Crippen MR) is 84.8 cm³/mol. The topological polar surface area (TPSA) is 0 Å². The van der Waals surface area contributed by atoms with Gasteiger partial charge < -0.3 is 0 Å². The Kier molecular flexibility index (Phi) is 10.8. The van der Waals surface area contributed by atoms with Crippen molar-refractivity contribution in [3.05, 3.63) is 36.5 Å². The minimum absolute atomic E-state index is 0.917. The maximum atomic E-state index is 3.36. The third kappa shape index (κ3) is 9.27. The van der Waals surface area contributed by atoms with Crippen LogP contribution in [0.2, 0.25) is 0 Å². The van der Waals surface area contributed by atoms with Crippen LogP contribution in [-0.2, 0) is 0 Å². The molecule has 0 aromatic carbocycles. The molecule has 0 fully saturated rings. The quantitative estimate of drug-likeness (QED) is 0.477. The van der Waals surface area contributed by atoms with E-state index >= 15 is 0 Å². The first-order chi connectivity index (χ1) is 8.63. The Morgan fingerprint density at radius 1 is 1.39 bits per heavy atom. The molecule has 0 nitrogen and oxygen atoms in total. The Labute approximate surface area is 115 Å². The molecule has 18 heavy (non-hydrogen) atoms. The first-order valence-electron chi connectivity index (χ1n) is 7.53. The average molecular weight is 248 g/mol. The number of hydrogen-bond donors (Lipinski definition) is 0. The second-order valence-electron chi connectivity index (χ2n) is 5.51. The highest BCUT2D eigenvalue weighted by molar-refractivity contribution is 5.02. The minimum atomic E-state index is 0.917. The van der Waals surface area contributed by atoms with E-state index in [1.165, 1.54) is 38.5 Å². The molecule has 0 aliphatic heterocycles. The molecule has 0 aromatic rings. The molecule has 2 rings (SSSR count). The maximum absolute atomic E-state index is 3.36. The Morgan fingerprint density at radius 2 is 2.06 bits per heavy atom. The zero-order chi connectivity index (χ0) is 13.8. The Hall–Kier alpha value is -0.780. The molecule has 0 N–H and O–H groups in total. The van der Waals surface area contributed by atoms with Crippen molar-refractivity contribution in [2.75, 3.05) is 0 Å². The fourth-order valence-electron chi connectivity index (χ4n) is 2.13. The zero-order valence-corrected chi connectivity index (χ0v) is 12.9. The zero-order valence-electron chi connectivity index (χ0n) is 12.9. The normalized spacial score (nSPS) is 25.2. The van der Waals surface area contributed by atoms with Gasteiger partial charge in [-0.15, -0.1) is 6.58 Å². The summed E-state index contributed by atoms with van der Waals surface area (Å²) in [6, 6.07) is 0. The summed E-state index contributed by atoms with van der Waals surface area (Å²) in [7, 11) is 0. The summed E-state index contributed by atoms with van der Waals surface area (Å²) >= 11 is 0. The van der Waals surface area contributed by atoms with Crippen LogP contribution in [0.25, 0.3) is 0 Å². The van der Waals surface area contributed by atoms with Gasteiger partial charge in [0.15, 0.2) is 0 Å². The predicted octanol–water partition coefficient (Wildman–Crippen LogP) is 6.31. The summed E-state index contributed by atoms with van der Waals surface area (Å²) in [5.74, 6) is 1.86. The van der Waals surface area contributed by atoms with Gasteiger partial charge in [-0.05, 0) is 64.2 Å². The Bertz CT molecular complexity index is 257. The van der Waals surface area contributed by atoms with Gasteiger partial charge in [0.05, 0.1) is 0 Å². The molecular weight excluding hydrogens is 216 g/mol. The molecule has 0 bridgehead atoms. The molecule has 104 valence electrons. The summed E-state index contributed by atoms with van der Waals surface area (Å²) in [5, 5.41) is 0. The van der Waals surface area contributed by atoms with E-state index in [0.717, 1.165) is 11.8 Å². The van der Waals surface area contributed by atoms with Crippen LogP contribution < -0.4 is 0 Å². The van der Waals surface area contributed by atoms with Crippen LogP contribution in [0.1, 0.15) is 66.2 Å². The minimum Gasteiger partial charge on any atom is -0.103 e. The van der Waals surface area contributed by atoms with Crippen LogP contribution in [-0.4, -0.2) is 0 Å².